The van der Waals surface area contributed by atoms with Gasteiger partial charge in [0.15, 0.2) is 0 Å². The summed E-state index contributed by atoms with van der Waals surface area (Å²) < 4.78 is 0. The van der Waals surface area contributed by atoms with Gasteiger partial charge in [-0.2, -0.15) is 0 Å². The van der Waals surface area contributed by atoms with Crippen LogP contribution in [0.2, 0.25) is 0 Å². The van der Waals surface area contributed by atoms with Crippen LogP contribution in [-0.2, 0) is 9.59 Å². The highest BCUT2D eigenvalue weighted by molar-refractivity contribution is 5.86. The van der Waals surface area contributed by atoms with Crippen LogP contribution in [0.3, 0.4) is 0 Å². The quantitative estimate of drug-likeness (QED) is 0.849. The Labute approximate surface area is 117 Å². The molecule has 0 spiro atoms. The van der Waals surface area contributed by atoms with Gasteiger partial charge in [0.05, 0.1) is 0 Å². The number of carbonyl (C=O) groups is 2. The minimum atomic E-state index is -0.253. The van der Waals surface area contributed by atoms with Crippen molar-refractivity contribution in [3.63, 3.8) is 0 Å². The highest BCUT2D eigenvalue weighted by atomic mass is 16.2. The molecule has 3 heteroatoms. The minimum absolute atomic E-state index is 0.109. The molecule has 0 radical (unpaired) electrons. The van der Waals surface area contributed by atoms with Crippen LogP contribution in [0.1, 0.15) is 66.7 Å². The van der Waals surface area contributed by atoms with Gasteiger partial charge in [0.25, 0.3) is 0 Å². The number of rotatable bonds is 4. The molecule has 0 aromatic carbocycles. The van der Waals surface area contributed by atoms with E-state index in [0.717, 1.165) is 32.1 Å². The van der Waals surface area contributed by atoms with Crippen molar-refractivity contribution in [1.82, 2.24) is 5.32 Å². The molecule has 0 aromatic rings. The highest BCUT2D eigenvalue weighted by Gasteiger charge is 2.34. The van der Waals surface area contributed by atoms with Crippen molar-refractivity contribution in [3.8, 4) is 0 Å². The molecule has 3 nitrogen and oxygen atoms in total. The number of ketones is 1. The van der Waals surface area contributed by atoms with E-state index in [2.05, 4.69) is 12.2 Å². The first kappa shape index (κ1) is 16.2. The number of hydrogen-bond acceptors (Lipinski definition) is 2. The first-order chi connectivity index (χ1) is 8.75. The Balaban J connectivity index is 2.45. The Bertz CT molecular complexity index is 322. The van der Waals surface area contributed by atoms with Gasteiger partial charge >= 0.3 is 0 Å². The largest absolute Gasteiger partial charge is 0.353 e. The molecule has 1 unspecified atom stereocenters. The minimum Gasteiger partial charge on any atom is -0.353 e. The van der Waals surface area contributed by atoms with E-state index in [4.69, 9.17) is 0 Å². The van der Waals surface area contributed by atoms with Gasteiger partial charge in [0, 0.05) is 23.3 Å². The first-order valence-corrected chi connectivity index (χ1v) is 7.60. The van der Waals surface area contributed by atoms with Gasteiger partial charge in [0.2, 0.25) is 5.91 Å². The maximum atomic E-state index is 12.2. The number of carbonyl (C=O) groups excluding carboxylic acids is 2. The monoisotopic (exact) mass is 267 g/mol. The number of Topliss-reactive ketones (excluding diaryl/α,β-unsaturated/α-hetero) is 1. The fraction of sp³-hybridized carbons (Fsp3) is 0.875. The van der Waals surface area contributed by atoms with E-state index >= 15 is 0 Å². The Morgan fingerprint density at radius 3 is 2.00 bits per heavy atom. The van der Waals surface area contributed by atoms with Crippen molar-refractivity contribution in [3.05, 3.63) is 0 Å². The van der Waals surface area contributed by atoms with Crippen molar-refractivity contribution in [2.75, 3.05) is 0 Å². The first-order valence-electron chi connectivity index (χ1n) is 7.60. The molecule has 1 amide bonds. The summed E-state index contributed by atoms with van der Waals surface area (Å²) in [7, 11) is 0. The van der Waals surface area contributed by atoms with Gasteiger partial charge in [-0.3, -0.25) is 9.59 Å². The van der Waals surface area contributed by atoms with Gasteiger partial charge < -0.3 is 5.32 Å². The lowest BCUT2D eigenvalue weighted by Gasteiger charge is -2.31. The molecule has 1 fully saturated rings. The molecule has 1 rings (SSSR count). The predicted molar refractivity (Wildman–Crippen MR) is 77.8 cm³/mol. The lowest BCUT2D eigenvalue weighted by atomic mass is 9.73. The van der Waals surface area contributed by atoms with E-state index in [-0.39, 0.29) is 29.2 Å². The molecule has 0 heterocycles. The van der Waals surface area contributed by atoms with E-state index in [1.54, 1.807) is 0 Å². The Morgan fingerprint density at radius 2 is 1.58 bits per heavy atom. The van der Waals surface area contributed by atoms with Gasteiger partial charge in [-0.15, -0.1) is 0 Å². The third-order valence-corrected chi connectivity index (χ3v) is 4.21. The number of amides is 1. The molecule has 1 atom stereocenters. The van der Waals surface area contributed by atoms with Gasteiger partial charge in [0.1, 0.15) is 5.78 Å². The SMILES string of the molecule is CCC(C)NC(=O)C1CCC(C(=O)C(C)(C)C)CC1. The van der Waals surface area contributed by atoms with E-state index in [1.807, 2.05) is 27.7 Å². The number of nitrogens with one attached hydrogen (secondary N) is 1. The smallest absolute Gasteiger partial charge is 0.223 e. The summed E-state index contributed by atoms with van der Waals surface area (Å²) >= 11 is 0. The lowest BCUT2D eigenvalue weighted by molar-refractivity contribution is -0.134. The summed E-state index contributed by atoms with van der Waals surface area (Å²) in [5.74, 6) is 0.801. The molecule has 0 saturated heterocycles. The highest BCUT2D eigenvalue weighted by Crippen LogP contribution is 2.34. The summed E-state index contributed by atoms with van der Waals surface area (Å²) in [6.45, 7) is 10.1. The Kier molecular flexibility index (Phi) is 5.57. The molecule has 1 N–H and O–H groups in total. The van der Waals surface area contributed by atoms with Crippen molar-refractivity contribution >= 4 is 11.7 Å². The van der Waals surface area contributed by atoms with Gasteiger partial charge in [-0.05, 0) is 39.0 Å². The summed E-state index contributed by atoms with van der Waals surface area (Å²) in [5.41, 5.74) is -0.253. The van der Waals surface area contributed by atoms with Crippen molar-refractivity contribution in [2.24, 2.45) is 17.3 Å². The molecule has 110 valence electrons. The molecule has 1 aliphatic rings. The Morgan fingerprint density at radius 1 is 1.11 bits per heavy atom. The molecular formula is C16H29NO2. The fourth-order valence-corrected chi connectivity index (χ4v) is 2.69. The standard InChI is InChI=1S/C16H29NO2/c1-6-11(2)17-15(19)13-9-7-12(8-10-13)14(18)16(3,4)5/h11-13H,6-10H2,1-5H3,(H,17,19). The third kappa shape index (κ3) is 4.63. The zero-order chi connectivity index (χ0) is 14.6. The topological polar surface area (TPSA) is 46.2 Å². The number of hydrogen-bond donors (Lipinski definition) is 1. The summed E-state index contributed by atoms with van der Waals surface area (Å²) in [6.07, 6.45) is 4.41. The van der Waals surface area contributed by atoms with E-state index < -0.39 is 0 Å². The van der Waals surface area contributed by atoms with E-state index in [1.165, 1.54) is 0 Å². The molecule has 0 bridgehead atoms. The predicted octanol–water partition coefficient (Wildman–Crippen LogP) is 3.32. The van der Waals surface area contributed by atoms with Crippen LogP contribution >= 0.6 is 0 Å². The van der Waals surface area contributed by atoms with Crippen LogP contribution in [0.4, 0.5) is 0 Å². The van der Waals surface area contributed by atoms with Crippen LogP contribution in [-0.4, -0.2) is 17.7 Å². The molecule has 1 saturated carbocycles. The van der Waals surface area contributed by atoms with Crippen LogP contribution in [0.15, 0.2) is 0 Å². The molecular weight excluding hydrogens is 238 g/mol. The maximum absolute atomic E-state index is 12.2. The Hall–Kier alpha value is -0.860. The zero-order valence-electron chi connectivity index (χ0n) is 13.1. The van der Waals surface area contributed by atoms with Crippen molar-refractivity contribution in [2.45, 2.75) is 72.8 Å². The zero-order valence-corrected chi connectivity index (χ0v) is 13.1. The third-order valence-electron chi connectivity index (χ3n) is 4.21. The average molecular weight is 267 g/mol. The molecule has 0 aliphatic heterocycles. The van der Waals surface area contributed by atoms with Gasteiger partial charge in [-0.25, -0.2) is 0 Å². The summed E-state index contributed by atoms with van der Waals surface area (Å²) in [6, 6.07) is 0.251. The second-order valence-electron chi connectivity index (χ2n) is 6.98. The second kappa shape index (κ2) is 6.53. The maximum Gasteiger partial charge on any atom is 0.223 e. The average Bonchev–Trinajstić information content (AvgIpc) is 2.36. The summed E-state index contributed by atoms with van der Waals surface area (Å²) in [4.78, 5) is 24.3. The van der Waals surface area contributed by atoms with Gasteiger partial charge in [-0.1, -0.05) is 27.7 Å². The van der Waals surface area contributed by atoms with Crippen LogP contribution in [0.5, 0.6) is 0 Å². The molecule has 0 aromatic heterocycles. The van der Waals surface area contributed by atoms with Crippen LogP contribution in [0.25, 0.3) is 0 Å². The van der Waals surface area contributed by atoms with Crippen molar-refractivity contribution in [1.29, 1.82) is 0 Å². The van der Waals surface area contributed by atoms with Crippen LogP contribution in [0, 0.1) is 17.3 Å². The lowest BCUT2D eigenvalue weighted by Crippen LogP contribution is -2.39. The fourth-order valence-electron chi connectivity index (χ4n) is 2.69. The van der Waals surface area contributed by atoms with Crippen LogP contribution < -0.4 is 5.32 Å². The molecule has 19 heavy (non-hydrogen) atoms. The molecule has 1 aliphatic carbocycles. The second-order valence-corrected chi connectivity index (χ2v) is 6.98. The summed E-state index contributed by atoms with van der Waals surface area (Å²) in [5, 5.41) is 3.05. The van der Waals surface area contributed by atoms with E-state index in [9.17, 15) is 9.59 Å². The van der Waals surface area contributed by atoms with E-state index in [0.29, 0.717) is 5.78 Å². The normalized spacial score (nSPS) is 25.7. The van der Waals surface area contributed by atoms with Crippen molar-refractivity contribution < 1.29 is 9.59 Å².